The van der Waals surface area contributed by atoms with Crippen LogP contribution in [-0.2, 0) is 6.04 Å². The number of rotatable bonds is 9. The molecule has 0 fully saturated rings. The smallest absolute Gasteiger partial charge is 0.187 e. The fourth-order valence-corrected chi connectivity index (χ4v) is 35.3. The van der Waals surface area contributed by atoms with E-state index in [2.05, 4.69) is 428 Å². The SMILES string of the molecule is CC(C)[Si](C#Cc1cc2c(ccc3c4cc5ccccc5cc4ccc23)o1)(C(C)C)C(C)C.CC(C)[Si](C#Cc1ccc2cc3c(ccc4c5ccoc5ccc34)cc2c1)(C(C)C)C(C)C.C[SiH](C)CC#Cc1ccc2cc3c(ccc4c5ccoc5ccc34)cc2c1.C[SiH](C)Cc1ccc2cc3c(ccc4c5ccoc5ccc34)cc2c1.[C-]#[N+]c1ccc2cc3c(ccc4c5ccoc5ccc34)cc2c1. The van der Waals surface area contributed by atoms with Gasteiger partial charge in [0.25, 0.3) is 0 Å². The van der Waals surface area contributed by atoms with Crippen molar-refractivity contribution in [3.05, 3.63) is 368 Å². The zero-order valence-electron chi connectivity index (χ0n) is 83.3. The topological polar surface area (TPSA) is 70.1 Å². The summed E-state index contributed by atoms with van der Waals surface area (Å²) in [5.41, 5.74) is 20.5. The Balaban J connectivity index is 0.000000105. The summed E-state index contributed by atoms with van der Waals surface area (Å²) in [5.74, 6) is 14.6. The summed E-state index contributed by atoms with van der Waals surface area (Å²) in [5, 5.41) is 43.6. The Morgan fingerprint density at radius 3 is 0.936 bits per heavy atom. The molecule has 0 aliphatic heterocycles. The summed E-state index contributed by atoms with van der Waals surface area (Å²) in [7, 11) is -4.73. The van der Waals surface area contributed by atoms with Crippen molar-refractivity contribution in [3.8, 4) is 34.8 Å². The largest absolute Gasteiger partial charge is 0.464 e. The van der Waals surface area contributed by atoms with Crippen LogP contribution in [0.25, 0.3) is 221 Å². The standard InChI is InChI=1S/2C31H32OSi.C25H20OSi.C23H20OSi.C21H11NO/c1-20(2)33(21(3)4,22(5)6)16-14-23-7-8-24-19-30-25(18-26(24)17-23)9-10-27-28(30)11-12-31-29(27)13-15-32-31;1-20(2)33(21(3)4,22(5)6)16-15-26-19-30-28-12-11-25-17-23-9-7-8-10-24(23)18-29(25)27(28)13-14-31(30)32-26;1-27(2)13-3-4-17-5-6-18-16-24-19(15-20(18)14-17)7-8-21-22(24)9-10-25-23(21)11-12-26-25;1-25(2)14-15-3-4-16-13-22-17(12-18(16)11-15)5-6-19-20(22)7-8-23-21(19)9-10-24-23;1-22-16-4-2-13-12-20-14(10-15(13)11-16)3-5-17-18(20)6-7-21-19(17)8-9-23-21/h7-13,15,17-22H,1-6H3;7-14,17-22H,1-6H3;5-12,14-16,27H,13H2,1-2H3;3-13,25H,14H2,1-2H3;2-12H. The molecule has 0 N–H and O–H groups in total. The number of benzene rings is 20. The van der Waals surface area contributed by atoms with Crippen molar-refractivity contribution < 1.29 is 22.1 Å². The molecule has 690 valence electrons. The third-order valence-corrected chi connectivity index (χ3v) is 45.0. The molecule has 5 heterocycles. The van der Waals surface area contributed by atoms with E-state index in [4.69, 9.17) is 28.7 Å². The van der Waals surface area contributed by atoms with Gasteiger partial charge >= 0.3 is 0 Å². The molecule has 25 rings (SSSR count). The second-order valence-corrected chi connectivity index (χ2v) is 59.0. The van der Waals surface area contributed by atoms with Gasteiger partial charge in [0.1, 0.15) is 44.1 Å². The molecule has 0 atom stereocenters. The molecule has 0 radical (unpaired) electrons. The van der Waals surface area contributed by atoms with Gasteiger partial charge in [-0.1, -0.05) is 284 Å². The van der Waals surface area contributed by atoms with Crippen LogP contribution in [-0.4, -0.2) is 33.7 Å². The van der Waals surface area contributed by atoms with Crippen LogP contribution in [0.3, 0.4) is 0 Å². The molecule has 25 aromatic rings. The molecule has 0 spiro atoms. The van der Waals surface area contributed by atoms with Crippen LogP contribution in [0.2, 0.25) is 65.5 Å². The fourth-order valence-electron chi connectivity index (χ4n) is 23.2. The van der Waals surface area contributed by atoms with Gasteiger partial charge in [-0.2, -0.15) is 0 Å². The van der Waals surface area contributed by atoms with E-state index < -0.39 is 33.7 Å². The fraction of sp³-hybridized carbons (Fsp3) is 0.183. The van der Waals surface area contributed by atoms with Gasteiger partial charge in [0.2, 0.25) is 0 Å². The van der Waals surface area contributed by atoms with E-state index in [0.29, 0.717) is 38.9 Å². The van der Waals surface area contributed by atoms with Crippen molar-refractivity contribution in [3.63, 3.8) is 0 Å². The number of furan rings is 5. The van der Waals surface area contributed by atoms with Crippen molar-refractivity contribution in [2.75, 3.05) is 0 Å². The number of hydrogen-bond acceptors (Lipinski definition) is 5. The molecule has 5 aromatic heterocycles. The zero-order valence-corrected chi connectivity index (χ0v) is 87.6. The second kappa shape index (κ2) is 38.0. The molecule has 0 unspecified atom stereocenters. The van der Waals surface area contributed by atoms with Crippen molar-refractivity contribution in [2.24, 2.45) is 0 Å². The predicted octanol–water partition coefficient (Wildman–Crippen LogP) is 38.6. The second-order valence-electron chi connectivity index (χ2n) is 41.4. The Morgan fingerprint density at radius 1 is 0.255 bits per heavy atom. The average Bonchev–Trinajstić information content (AvgIpc) is 1.73. The van der Waals surface area contributed by atoms with Crippen LogP contribution < -0.4 is 0 Å². The third-order valence-electron chi connectivity index (χ3n) is 30.1. The van der Waals surface area contributed by atoms with Gasteiger partial charge in [0.15, 0.2) is 11.4 Å². The van der Waals surface area contributed by atoms with Crippen molar-refractivity contribution >= 4 is 256 Å². The zero-order chi connectivity index (χ0) is 97.4. The first-order chi connectivity index (χ1) is 68.3. The summed E-state index contributed by atoms with van der Waals surface area (Å²) >= 11 is 0. The molecule has 0 saturated heterocycles. The van der Waals surface area contributed by atoms with Gasteiger partial charge in [-0.3, -0.25) is 0 Å². The number of nitrogens with zero attached hydrogens (tertiary/aromatic N) is 1. The Bertz CT molecular complexity index is 9520. The van der Waals surface area contributed by atoms with Gasteiger partial charge in [0.05, 0.1) is 31.6 Å². The van der Waals surface area contributed by atoms with Crippen LogP contribution in [0.5, 0.6) is 0 Å². The third kappa shape index (κ3) is 17.4. The van der Waals surface area contributed by atoms with Gasteiger partial charge in [-0.15, -0.1) is 17.0 Å². The quantitative estimate of drug-likeness (QED) is 0.0473. The van der Waals surface area contributed by atoms with E-state index >= 15 is 0 Å². The average molecular weight is 1900 g/mol. The van der Waals surface area contributed by atoms with E-state index in [0.717, 1.165) is 72.4 Å². The first kappa shape index (κ1) is 92.4. The van der Waals surface area contributed by atoms with E-state index in [1.165, 1.54) is 179 Å². The lowest BCUT2D eigenvalue weighted by atomic mass is 9.96. The highest BCUT2D eigenvalue weighted by molar-refractivity contribution is 6.91. The van der Waals surface area contributed by atoms with Crippen LogP contribution >= 0.6 is 0 Å². The maximum atomic E-state index is 7.17. The Labute approximate surface area is 829 Å². The molecule has 10 heteroatoms. The maximum absolute atomic E-state index is 7.17. The van der Waals surface area contributed by atoms with Gasteiger partial charge in [0, 0.05) is 67.8 Å². The molecule has 0 bridgehead atoms. The van der Waals surface area contributed by atoms with Crippen LogP contribution in [0.1, 0.15) is 106 Å². The minimum absolute atomic E-state index is 0.587. The Morgan fingerprint density at radius 2 is 0.560 bits per heavy atom. The number of fused-ring (bicyclic) bond motifs is 30. The minimum atomic E-state index is -1.80. The minimum Gasteiger partial charge on any atom is -0.464 e. The lowest BCUT2D eigenvalue weighted by Crippen LogP contribution is -2.43. The van der Waals surface area contributed by atoms with Gasteiger partial charge in [-0.25, -0.2) is 4.85 Å². The predicted molar refractivity (Wildman–Crippen MR) is 619 cm³/mol. The van der Waals surface area contributed by atoms with Crippen molar-refractivity contribution in [1.29, 1.82) is 0 Å². The molecule has 0 amide bonds. The Hall–Kier alpha value is -15.0. The summed E-state index contributed by atoms with van der Waals surface area (Å²) in [4.78, 5) is 3.52. The molecular weight excluding hydrogens is 1780 g/mol. The monoisotopic (exact) mass is 1890 g/mol. The van der Waals surface area contributed by atoms with Gasteiger partial charge in [-0.05, 0) is 352 Å². The normalized spacial score (nSPS) is 12.1. The highest BCUT2D eigenvalue weighted by Crippen LogP contribution is 2.46. The highest BCUT2D eigenvalue weighted by atomic mass is 28.3. The Kier molecular flexibility index (Phi) is 24.9. The van der Waals surface area contributed by atoms with E-state index in [1.807, 2.05) is 30.3 Å². The first-order valence-corrected chi connectivity index (χ1v) is 60.8. The molecule has 0 aliphatic carbocycles. The van der Waals surface area contributed by atoms with Crippen molar-refractivity contribution in [1.82, 2.24) is 0 Å². The first-order valence-electron chi connectivity index (χ1n) is 50.1. The van der Waals surface area contributed by atoms with E-state index in [9.17, 15) is 0 Å². The van der Waals surface area contributed by atoms with Crippen LogP contribution in [0.15, 0.2) is 357 Å². The molecular formula is C131H115NO5Si4. The molecule has 6 nitrogen and oxygen atoms in total. The summed E-state index contributed by atoms with van der Waals surface area (Å²) in [6, 6.07) is 114. The lowest BCUT2D eigenvalue weighted by Gasteiger charge is -2.38. The summed E-state index contributed by atoms with van der Waals surface area (Å²) < 4.78 is 28.5. The molecule has 0 aliphatic rings. The highest BCUT2D eigenvalue weighted by Gasteiger charge is 2.43. The molecule has 0 saturated carbocycles. The van der Waals surface area contributed by atoms with Crippen molar-refractivity contribution in [2.45, 2.75) is 155 Å². The summed E-state index contributed by atoms with van der Waals surface area (Å²) in [6.45, 7) is 45.0. The number of hydrogen-bond donors (Lipinski definition) is 0. The van der Waals surface area contributed by atoms with E-state index in [1.54, 1.807) is 25.1 Å². The van der Waals surface area contributed by atoms with E-state index in [-0.39, 0.29) is 0 Å². The molecule has 141 heavy (non-hydrogen) atoms. The van der Waals surface area contributed by atoms with Crippen LogP contribution in [0, 0.1) is 41.3 Å². The lowest BCUT2D eigenvalue weighted by molar-refractivity contribution is 0.601. The maximum Gasteiger partial charge on any atom is 0.187 e. The summed E-state index contributed by atoms with van der Waals surface area (Å²) in [6.07, 6.45) is 7.04. The van der Waals surface area contributed by atoms with Gasteiger partial charge < -0.3 is 22.1 Å². The molecule has 20 aromatic carbocycles. The van der Waals surface area contributed by atoms with Crippen LogP contribution in [0.4, 0.5) is 5.69 Å².